The van der Waals surface area contributed by atoms with Gasteiger partial charge in [0.05, 0.1) is 5.69 Å². The van der Waals surface area contributed by atoms with E-state index in [1.165, 1.54) is 34.4 Å². The molecular weight excluding hydrogens is 585 g/mol. The molecule has 5 aromatic rings. The van der Waals surface area contributed by atoms with Gasteiger partial charge in [0, 0.05) is 21.5 Å². The van der Waals surface area contributed by atoms with Crippen LogP contribution in [0.25, 0.3) is 6.08 Å². The molecule has 7 nitrogen and oxygen atoms in total. The Morgan fingerprint density at radius 2 is 1.57 bits per heavy atom. The Hall–Kier alpha value is -4.51. The molecule has 0 saturated carbocycles. The van der Waals surface area contributed by atoms with Gasteiger partial charge in [-0.15, -0.1) is 23.1 Å². The first-order chi connectivity index (χ1) is 20.4. The van der Waals surface area contributed by atoms with E-state index in [0.29, 0.717) is 16.4 Å². The van der Waals surface area contributed by atoms with Gasteiger partial charge >= 0.3 is 0 Å². The fraction of sp³-hybridized carbons (Fsp3) is 0.0625. The molecule has 0 saturated heterocycles. The number of nitrogens with zero attached hydrogens (tertiary/aromatic N) is 1. The molecule has 1 unspecified atom stereocenters. The SMILES string of the molecule is Cc1csc(NC(=O)C(Sc2ccc(NC(=O)/C(=C/c3ccsc3)NC(=O)c3ccccc3)cc2)c2ccccc2)n1. The van der Waals surface area contributed by atoms with Gasteiger partial charge in [-0.25, -0.2) is 4.98 Å². The summed E-state index contributed by atoms with van der Waals surface area (Å²) >= 11 is 4.29. The highest BCUT2D eigenvalue weighted by molar-refractivity contribution is 8.00. The van der Waals surface area contributed by atoms with Crippen LogP contribution in [0.3, 0.4) is 0 Å². The van der Waals surface area contributed by atoms with Gasteiger partial charge < -0.3 is 16.0 Å². The summed E-state index contributed by atoms with van der Waals surface area (Å²) in [6.45, 7) is 1.88. The van der Waals surface area contributed by atoms with E-state index in [2.05, 4.69) is 20.9 Å². The third kappa shape index (κ3) is 7.82. The van der Waals surface area contributed by atoms with Crippen LogP contribution in [0, 0.1) is 6.92 Å². The summed E-state index contributed by atoms with van der Waals surface area (Å²) in [5, 5.41) is 14.3. The highest BCUT2D eigenvalue weighted by Crippen LogP contribution is 2.37. The maximum Gasteiger partial charge on any atom is 0.272 e. The number of benzene rings is 3. The molecule has 0 fully saturated rings. The Labute approximate surface area is 255 Å². The van der Waals surface area contributed by atoms with E-state index in [4.69, 9.17) is 0 Å². The molecule has 10 heteroatoms. The van der Waals surface area contributed by atoms with Crippen molar-refractivity contribution in [3.05, 3.63) is 135 Å². The second kappa shape index (κ2) is 13.9. The summed E-state index contributed by atoms with van der Waals surface area (Å²) in [5.41, 5.74) is 3.65. The van der Waals surface area contributed by atoms with E-state index in [-0.39, 0.29) is 17.5 Å². The van der Waals surface area contributed by atoms with Crippen LogP contribution in [-0.2, 0) is 9.59 Å². The second-order valence-electron chi connectivity index (χ2n) is 9.11. The monoisotopic (exact) mass is 610 g/mol. The van der Waals surface area contributed by atoms with E-state index in [9.17, 15) is 14.4 Å². The first kappa shape index (κ1) is 29.0. The van der Waals surface area contributed by atoms with Gasteiger partial charge in [0.1, 0.15) is 10.9 Å². The molecule has 0 aliphatic carbocycles. The third-order valence-electron chi connectivity index (χ3n) is 5.94. The molecule has 2 heterocycles. The van der Waals surface area contributed by atoms with Gasteiger partial charge in [-0.2, -0.15) is 11.3 Å². The van der Waals surface area contributed by atoms with Crippen molar-refractivity contribution in [2.45, 2.75) is 17.1 Å². The minimum Gasteiger partial charge on any atom is -0.321 e. The van der Waals surface area contributed by atoms with E-state index < -0.39 is 11.2 Å². The first-order valence-electron chi connectivity index (χ1n) is 12.9. The van der Waals surface area contributed by atoms with Crippen LogP contribution in [0.4, 0.5) is 10.8 Å². The molecule has 3 aromatic carbocycles. The zero-order valence-corrected chi connectivity index (χ0v) is 24.9. The van der Waals surface area contributed by atoms with Crippen LogP contribution < -0.4 is 16.0 Å². The average molecular weight is 611 g/mol. The maximum absolute atomic E-state index is 13.3. The van der Waals surface area contributed by atoms with Crippen molar-refractivity contribution in [1.82, 2.24) is 10.3 Å². The van der Waals surface area contributed by atoms with Gasteiger partial charge in [-0.1, -0.05) is 48.5 Å². The second-order valence-corrected chi connectivity index (χ2v) is 11.9. The normalized spacial score (nSPS) is 11.9. The molecular formula is C32H26N4O3S3. The summed E-state index contributed by atoms with van der Waals surface area (Å²) in [4.78, 5) is 44.5. The van der Waals surface area contributed by atoms with Crippen molar-refractivity contribution in [3.63, 3.8) is 0 Å². The lowest BCUT2D eigenvalue weighted by Crippen LogP contribution is -2.30. The fourth-order valence-corrected chi connectivity index (χ4v) is 6.23. The fourth-order valence-electron chi connectivity index (χ4n) is 3.90. The molecule has 3 amide bonds. The summed E-state index contributed by atoms with van der Waals surface area (Å²) in [6, 6.07) is 27.4. The van der Waals surface area contributed by atoms with E-state index in [0.717, 1.165) is 21.7 Å². The summed E-state index contributed by atoms with van der Waals surface area (Å²) < 4.78 is 0. The van der Waals surface area contributed by atoms with E-state index in [1.54, 1.807) is 42.5 Å². The van der Waals surface area contributed by atoms with E-state index >= 15 is 0 Å². The number of thiazole rings is 1. The van der Waals surface area contributed by atoms with Crippen molar-refractivity contribution < 1.29 is 14.4 Å². The van der Waals surface area contributed by atoms with Crippen LogP contribution in [-0.4, -0.2) is 22.7 Å². The number of nitrogens with one attached hydrogen (secondary N) is 3. The van der Waals surface area contributed by atoms with Crippen LogP contribution in [0.2, 0.25) is 0 Å². The molecule has 0 aliphatic heterocycles. The highest BCUT2D eigenvalue weighted by atomic mass is 32.2. The molecule has 42 heavy (non-hydrogen) atoms. The Balaban J connectivity index is 1.30. The summed E-state index contributed by atoms with van der Waals surface area (Å²) in [6.07, 6.45) is 1.64. The maximum atomic E-state index is 13.3. The number of anilines is 2. The quantitative estimate of drug-likeness (QED) is 0.113. The van der Waals surface area contributed by atoms with Crippen molar-refractivity contribution in [2.24, 2.45) is 0 Å². The first-order valence-corrected chi connectivity index (χ1v) is 15.6. The highest BCUT2D eigenvalue weighted by Gasteiger charge is 2.23. The average Bonchev–Trinajstić information content (AvgIpc) is 3.68. The number of amides is 3. The molecule has 3 N–H and O–H groups in total. The number of hydrogen-bond donors (Lipinski definition) is 3. The third-order valence-corrected chi connectivity index (χ3v) is 8.78. The number of hydrogen-bond acceptors (Lipinski definition) is 7. The van der Waals surface area contributed by atoms with Crippen LogP contribution in [0.1, 0.15) is 32.4 Å². The van der Waals surface area contributed by atoms with Crippen molar-refractivity contribution in [3.8, 4) is 0 Å². The van der Waals surface area contributed by atoms with Gasteiger partial charge in [0.15, 0.2) is 5.13 Å². The van der Waals surface area contributed by atoms with Gasteiger partial charge in [-0.3, -0.25) is 14.4 Å². The Kier molecular flexibility index (Phi) is 9.60. The zero-order valence-electron chi connectivity index (χ0n) is 22.4. The van der Waals surface area contributed by atoms with Crippen molar-refractivity contribution in [1.29, 1.82) is 0 Å². The molecule has 0 bridgehead atoms. The predicted molar refractivity (Wildman–Crippen MR) is 172 cm³/mol. The minimum absolute atomic E-state index is 0.124. The predicted octanol–water partition coefficient (Wildman–Crippen LogP) is 7.39. The Morgan fingerprint density at radius 3 is 2.21 bits per heavy atom. The molecule has 5 rings (SSSR count). The Bertz CT molecular complexity index is 1680. The zero-order chi connectivity index (χ0) is 29.3. The summed E-state index contributed by atoms with van der Waals surface area (Å²) in [7, 11) is 0. The molecule has 0 spiro atoms. The Morgan fingerprint density at radius 1 is 0.857 bits per heavy atom. The minimum atomic E-state index is -0.510. The van der Waals surface area contributed by atoms with Crippen LogP contribution in [0.15, 0.2) is 118 Å². The van der Waals surface area contributed by atoms with Gasteiger partial charge in [-0.05, 0) is 77.4 Å². The number of rotatable bonds is 10. The standard InChI is InChI=1S/C32H26N4O3S3/c1-21-19-41-32(33-21)36-31(39)28(23-8-4-2-5-9-23)42-26-14-12-25(13-15-26)34-30(38)27(18-22-16-17-40-20-22)35-29(37)24-10-6-3-7-11-24/h2-20,28H,1H3,(H,34,38)(H,35,37)(H,33,36,39)/b27-18-. The van der Waals surface area contributed by atoms with Crippen molar-refractivity contribution in [2.75, 3.05) is 10.6 Å². The van der Waals surface area contributed by atoms with Crippen molar-refractivity contribution >= 4 is 69.1 Å². The van der Waals surface area contributed by atoms with Crippen LogP contribution >= 0.6 is 34.4 Å². The molecule has 2 aromatic heterocycles. The lowest BCUT2D eigenvalue weighted by molar-refractivity contribution is -0.116. The van der Waals surface area contributed by atoms with Crippen LogP contribution in [0.5, 0.6) is 0 Å². The molecule has 210 valence electrons. The summed E-state index contributed by atoms with van der Waals surface area (Å²) in [5.74, 6) is -1.00. The number of carbonyl (C=O) groups is 3. The lowest BCUT2D eigenvalue weighted by Gasteiger charge is -2.16. The number of thiophene rings is 1. The number of aryl methyl sites for hydroxylation is 1. The van der Waals surface area contributed by atoms with E-state index in [1.807, 2.05) is 77.7 Å². The molecule has 0 aliphatic rings. The molecule has 1 atom stereocenters. The number of carbonyl (C=O) groups excluding carboxylic acids is 3. The van der Waals surface area contributed by atoms with Gasteiger partial charge in [0.2, 0.25) is 5.91 Å². The molecule has 0 radical (unpaired) electrons. The smallest absolute Gasteiger partial charge is 0.272 e. The lowest BCUT2D eigenvalue weighted by atomic mass is 10.1. The number of thioether (sulfide) groups is 1. The number of aromatic nitrogens is 1. The topological polar surface area (TPSA) is 100 Å². The van der Waals surface area contributed by atoms with Gasteiger partial charge in [0.25, 0.3) is 11.8 Å². The largest absolute Gasteiger partial charge is 0.321 e.